The number of carbonyl (C=O) groups excluding carboxylic acids is 1. The van der Waals surface area contributed by atoms with E-state index in [1.807, 2.05) is 17.0 Å². The predicted molar refractivity (Wildman–Crippen MR) is 135 cm³/mol. The molecule has 4 rings (SSSR count). The number of furan rings is 1. The summed E-state index contributed by atoms with van der Waals surface area (Å²) in [4.78, 5) is 17.4. The summed E-state index contributed by atoms with van der Waals surface area (Å²) >= 11 is 0. The van der Waals surface area contributed by atoms with Crippen LogP contribution >= 0.6 is 0 Å². The van der Waals surface area contributed by atoms with Crippen LogP contribution in [0.5, 0.6) is 0 Å². The van der Waals surface area contributed by atoms with Crippen LogP contribution in [0.4, 0.5) is 5.69 Å². The fraction of sp³-hybridized carbons (Fsp3) is 0.414. The van der Waals surface area contributed by atoms with Crippen molar-refractivity contribution >= 4 is 11.6 Å². The van der Waals surface area contributed by atoms with E-state index in [0.29, 0.717) is 25.3 Å². The molecule has 0 atom stereocenters. The fourth-order valence-corrected chi connectivity index (χ4v) is 4.47. The molecule has 0 spiro atoms. The molecule has 1 aromatic heterocycles. The van der Waals surface area contributed by atoms with Gasteiger partial charge < -0.3 is 14.2 Å². The summed E-state index contributed by atoms with van der Waals surface area (Å²) in [5.74, 6) is 1.26. The summed E-state index contributed by atoms with van der Waals surface area (Å²) < 4.78 is 6.02. The molecule has 0 unspecified atom stereocenters. The molecule has 33 heavy (non-hydrogen) atoms. The third kappa shape index (κ3) is 5.16. The number of nitrogens with zero attached hydrogens (tertiary/aromatic N) is 2. The van der Waals surface area contributed by atoms with Crippen molar-refractivity contribution < 1.29 is 9.21 Å². The number of carbonyl (C=O) groups is 1. The highest BCUT2D eigenvalue weighted by molar-refractivity contribution is 5.91. The Hall–Kier alpha value is -3.01. The maximum atomic E-state index is 13.1. The number of aryl methyl sites for hydroxylation is 3. The molecule has 0 N–H and O–H groups in total. The molecule has 1 aliphatic heterocycles. The molecular weight excluding hydrogens is 408 g/mol. The molecular formula is C29H36N2O2. The van der Waals surface area contributed by atoms with E-state index in [-0.39, 0.29) is 11.3 Å². The van der Waals surface area contributed by atoms with Crippen molar-refractivity contribution in [1.82, 2.24) is 4.90 Å². The molecule has 0 bridgehead atoms. The molecule has 0 aliphatic carbocycles. The average molecular weight is 445 g/mol. The lowest BCUT2D eigenvalue weighted by Gasteiger charge is -2.36. The maximum Gasteiger partial charge on any atom is 0.289 e. The molecule has 4 heteroatoms. The molecule has 0 radical (unpaired) electrons. The molecule has 1 saturated heterocycles. The van der Waals surface area contributed by atoms with Crippen molar-refractivity contribution in [2.24, 2.45) is 0 Å². The quantitative estimate of drug-likeness (QED) is 0.491. The van der Waals surface area contributed by atoms with Crippen molar-refractivity contribution in [3.8, 4) is 0 Å². The van der Waals surface area contributed by atoms with E-state index in [2.05, 4.69) is 82.8 Å². The first kappa shape index (κ1) is 23.2. The Morgan fingerprint density at radius 1 is 0.879 bits per heavy atom. The van der Waals surface area contributed by atoms with Crippen LogP contribution in [-0.4, -0.2) is 37.0 Å². The largest absolute Gasteiger partial charge is 0.456 e. The predicted octanol–water partition coefficient (Wildman–Crippen LogP) is 6.06. The SMILES string of the molecule is Cc1ccc(C)c(N2CCN(C(=O)c3ccc(Cc4cc(C(C)(C)C)ccc4C)o3)CC2)c1. The number of amides is 1. The molecule has 2 heterocycles. The van der Waals surface area contributed by atoms with Crippen LogP contribution in [-0.2, 0) is 11.8 Å². The second-order valence-electron chi connectivity index (χ2n) is 10.4. The van der Waals surface area contributed by atoms with E-state index in [4.69, 9.17) is 4.42 Å². The molecule has 1 aliphatic rings. The zero-order valence-corrected chi connectivity index (χ0v) is 20.9. The van der Waals surface area contributed by atoms with Gasteiger partial charge in [0, 0.05) is 38.3 Å². The maximum absolute atomic E-state index is 13.1. The van der Waals surface area contributed by atoms with Crippen LogP contribution in [0.2, 0.25) is 0 Å². The summed E-state index contributed by atoms with van der Waals surface area (Å²) in [5, 5.41) is 0. The Kier molecular flexibility index (Phi) is 6.38. The van der Waals surface area contributed by atoms with Crippen molar-refractivity contribution in [1.29, 1.82) is 0 Å². The van der Waals surface area contributed by atoms with E-state index < -0.39 is 0 Å². The zero-order chi connectivity index (χ0) is 23.8. The lowest BCUT2D eigenvalue weighted by Crippen LogP contribution is -2.49. The number of hydrogen-bond donors (Lipinski definition) is 0. The standard InChI is InChI=1S/C29H36N2O2/c1-20-7-8-22(3)26(17-20)30-13-15-31(16-14-30)28(32)27-12-11-25(33-27)19-23-18-24(29(4,5)6)10-9-21(23)2/h7-12,17-18H,13-16,19H2,1-6H3. The Bertz CT molecular complexity index is 1140. The molecule has 3 aromatic rings. The van der Waals surface area contributed by atoms with Crippen LogP contribution in [0.3, 0.4) is 0 Å². The Balaban J connectivity index is 1.41. The zero-order valence-electron chi connectivity index (χ0n) is 20.9. The fourth-order valence-electron chi connectivity index (χ4n) is 4.47. The van der Waals surface area contributed by atoms with Crippen molar-refractivity contribution in [3.05, 3.63) is 87.9 Å². The van der Waals surface area contributed by atoms with Crippen LogP contribution in [0.15, 0.2) is 52.9 Å². The van der Waals surface area contributed by atoms with Gasteiger partial charge in [0.25, 0.3) is 5.91 Å². The monoisotopic (exact) mass is 444 g/mol. The smallest absolute Gasteiger partial charge is 0.289 e. The van der Waals surface area contributed by atoms with Gasteiger partial charge in [-0.25, -0.2) is 0 Å². The second kappa shape index (κ2) is 9.09. The van der Waals surface area contributed by atoms with Crippen molar-refractivity contribution in [2.45, 2.75) is 53.4 Å². The highest BCUT2D eigenvalue weighted by Gasteiger charge is 2.25. The highest BCUT2D eigenvalue weighted by Crippen LogP contribution is 2.27. The minimum absolute atomic E-state index is 0.0120. The lowest BCUT2D eigenvalue weighted by atomic mass is 9.85. The summed E-state index contributed by atoms with van der Waals surface area (Å²) in [6, 6.07) is 17.0. The van der Waals surface area contributed by atoms with Crippen molar-refractivity contribution in [3.63, 3.8) is 0 Å². The summed E-state index contributed by atoms with van der Waals surface area (Å²) in [6.07, 6.45) is 0.698. The van der Waals surface area contributed by atoms with Crippen LogP contribution in [0, 0.1) is 20.8 Å². The summed E-state index contributed by atoms with van der Waals surface area (Å²) in [6.45, 7) is 16.2. The Labute approximate surface area is 198 Å². The molecule has 0 saturated carbocycles. The number of hydrogen-bond acceptors (Lipinski definition) is 3. The summed E-state index contributed by atoms with van der Waals surface area (Å²) in [5.41, 5.74) is 7.73. The van der Waals surface area contributed by atoms with Gasteiger partial charge in [0.1, 0.15) is 5.76 Å². The van der Waals surface area contributed by atoms with Gasteiger partial charge in [-0.15, -0.1) is 0 Å². The molecule has 2 aromatic carbocycles. The van der Waals surface area contributed by atoms with Gasteiger partial charge >= 0.3 is 0 Å². The normalized spacial score (nSPS) is 14.6. The van der Waals surface area contributed by atoms with Crippen LogP contribution in [0.1, 0.15) is 64.9 Å². The molecule has 174 valence electrons. The van der Waals surface area contributed by atoms with E-state index in [9.17, 15) is 4.79 Å². The van der Waals surface area contributed by atoms with E-state index >= 15 is 0 Å². The van der Waals surface area contributed by atoms with E-state index in [1.165, 1.54) is 33.5 Å². The first-order valence-corrected chi connectivity index (χ1v) is 11.9. The lowest BCUT2D eigenvalue weighted by molar-refractivity contribution is 0.0713. The first-order chi connectivity index (χ1) is 15.6. The molecule has 1 amide bonds. The Morgan fingerprint density at radius 2 is 1.58 bits per heavy atom. The van der Waals surface area contributed by atoms with E-state index in [0.717, 1.165) is 18.8 Å². The molecule has 1 fully saturated rings. The first-order valence-electron chi connectivity index (χ1n) is 11.9. The number of rotatable bonds is 4. The van der Waals surface area contributed by atoms with Gasteiger partial charge in [-0.05, 0) is 72.2 Å². The van der Waals surface area contributed by atoms with Gasteiger partial charge in [-0.3, -0.25) is 4.79 Å². The van der Waals surface area contributed by atoms with Gasteiger partial charge in [0.05, 0.1) is 0 Å². The van der Waals surface area contributed by atoms with Gasteiger partial charge in [0.15, 0.2) is 5.76 Å². The molecule has 4 nitrogen and oxygen atoms in total. The van der Waals surface area contributed by atoms with Gasteiger partial charge in [0.2, 0.25) is 0 Å². The summed E-state index contributed by atoms with van der Waals surface area (Å²) in [7, 11) is 0. The third-order valence-corrected chi connectivity index (χ3v) is 6.72. The highest BCUT2D eigenvalue weighted by atomic mass is 16.4. The average Bonchev–Trinajstić information content (AvgIpc) is 3.24. The van der Waals surface area contributed by atoms with Crippen molar-refractivity contribution in [2.75, 3.05) is 31.1 Å². The minimum atomic E-state index is -0.0120. The van der Waals surface area contributed by atoms with E-state index in [1.54, 1.807) is 0 Å². The third-order valence-electron chi connectivity index (χ3n) is 6.72. The topological polar surface area (TPSA) is 36.7 Å². The Morgan fingerprint density at radius 3 is 2.27 bits per heavy atom. The minimum Gasteiger partial charge on any atom is -0.456 e. The second-order valence-corrected chi connectivity index (χ2v) is 10.4. The van der Waals surface area contributed by atoms with Gasteiger partial charge in [-0.2, -0.15) is 0 Å². The van der Waals surface area contributed by atoms with Crippen LogP contribution < -0.4 is 4.90 Å². The number of benzene rings is 2. The number of piperazine rings is 1. The van der Waals surface area contributed by atoms with Gasteiger partial charge in [-0.1, -0.05) is 51.1 Å². The number of anilines is 1. The van der Waals surface area contributed by atoms with Crippen LogP contribution in [0.25, 0.3) is 0 Å².